The number of halogens is 1. The van der Waals surface area contributed by atoms with E-state index in [1.54, 1.807) is 0 Å². The fourth-order valence-corrected chi connectivity index (χ4v) is 1.76. The maximum atomic E-state index is 5.87. The summed E-state index contributed by atoms with van der Waals surface area (Å²) in [6.07, 6.45) is 1.13. The number of benzene rings is 1. The van der Waals surface area contributed by atoms with Crippen molar-refractivity contribution < 1.29 is 4.74 Å². The molecule has 0 saturated carbocycles. The highest BCUT2D eigenvalue weighted by molar-refractivity contribution is 14.0. The van der Waals surface area contributed by atoms with Crippen molar-refractivity contribution in [2.45, 2.75) is 40.2 Å². The van der Waals surface area contributed by atoms with E-state index in [-0.39, 0.29) is 30.1 Å². The Hall–Kier alpha value is -0.980. The third kappa shape index (κ3) is 8.80. The predicted octanol–water partition coefficient (Wildman–Crippen LogP) is 3.35. The van der Waals surface area contributed by atoms with Crippen LogP contribution in [0.4, 0.5) is 0 Å². The van der Waals surface area contributed by atoms with Crippen LogP contribution < -0.4 is 15.4 Å². The van der Waals surface area contributed by atoms with E-state index in [0.717, 1.165) is 31.2 Å². The smallest absolute Gasteiger partial charge is 0.191 e. The van der Waals surface area contributed by atoms with Gasteiger partial charge in [-0.2, -0.15) is 0 Å². The maximum absolute atomic E-state index is 5.87. The molecule has 0 spiro atoms. The fourth-order valence-electron chi connectivity index (χ4n) is 1.76. The fraction of sp³-hybridized carbons (Fsp3) is 0.562. The van der Waals surface area contributed by atoms with Crippen LogP contribution in [-0.4, -0.2) is 31.7 Å². The van der Waals surface area contributed by atoms with E-state index < -0.39 is 0 Å². The minimum Gasteiger partial charge on any atom is -0.489 e. The SMILES string of the molecule is CCCNC(=NCC(C)Oc1cccc(C)c1)NCC.I. The summed E-state index contributed by atoms with van der Waals surface area (Å²) in [7, 11) is 0. The highest BCUT2D eigenvalue weighted by atomic mass is 127. The van der Waals surface area contributed by atoms with Crippen LogP contribution in [0.2, 0.25) is 0 Å². The Labute approximate surface area is 145 Å². The van der Waals surface area contributed by atoms with Crippen molar-refractivity contribution in [2.75, 3.05) is 19.6 Å². The Morgan fingerprint density at radius 2 is 2.05 bits per heavy atom. The monoisotopic (exact) mass is 405 g/mol. The molecule has 0 radical (unpaired) electrons. The second-order valence-corrected chi connectivity index (χ2v) is 4.89. The number of nitrogens with one attached hydrogen (secondary N) is 2. The van der Waals surface area contributed by atoms with Gasteiger partial charge in [0.15, 0.2) is 5.96 Å². The Bertz CT molecular complexity index is 424. The van der Waals surface area contributed by atoms with E-state index in [1.165, 1.54) is 5.56 Å². The molecule has 0 fully saturated rings. The molecule has 0 bridgehead atoms. The molecular weight excluding hydrogens is 377 g/mol. The lowest BCUT2D eigenvalue weighted by molar-refractivity contribution is 0.230. The van der Waals surface area contributed by atoms with E-state index in [1.807, 2.05) is 25.1 Å². The van der Waals surface area contributed by atoms with Crippen LogP contribution in [-0.2, 0) is 0 Å². The van der Waals surface area contributed by atoms with Crippen LogP contribution in [0.5, 0.6) is 5.75 Å². The second kappa shape index (κ2) is 11.7. The van der Waals surface area contributed by atoms with Gasteiger partial charge in [0.25, 0.3) is 0 Å². The number of aryl methyl sites for hydroxylation is 1. The molecule has 21 heavy (non-hydrogen) atoms. The van der Waals surface area contributed by atoms with Crippen LogP contribution in [0.1, 0.15) is 32.8 Å². The predicted molar refractivity (Wildman–Crippen MR) is 101 cm³/mol. The highest BCUT2D eigenvalue weighted by Gasteiger charge is 2.04. The van der Waals surface area contributed by atoms with Gasteiger partial charge in [0.2, 0.25) is 0 Å². The molecule has 0 saturated heterocycles. The molecule has 1 unspecified atom stereocenters. The van der Waals surface area contributed by atoms with Gasteiger partial charge in [-0.05, 0) is 44.9 Å². The maximum Gasteiger partial charge on any atom is 0.191 e. The average molecular weight is 405 g/mol. The van der Waals surface area contributed by atoms with Gasteiger partial charge in [-0.3, -0.25) is 0 Å². The summed E-state index contributed by atoms with van der Waals surface area (Å²) in [5, 5.41) is 6.51. The Morgan fingerprint density at radius 3 is 2.67 bits per heavy atom. The Balaban J connectivity index is 0.00000400. The van der Waals surface area contributed by atoms with Crippen LogP contribution in [0.3, 0.4) is 0 Å². The molecule has 0 aliphatic heterocycles. The van der Waals surface area contributed by atoms with Gasteiger partial charge in [0.1, 0.15) is 11.9 Å². The molecule has 1 atom stereocenters. The minimum atomic E-state index is 0. The van der Waals surface area contributed by atoms with Gasteiger partial charge < -0.3 is 15.4 Å². The first-order valence-electron chi connectivity index (χ1n) is 7.41. The van der Waals surface area contributed by atoms with Gasteiger partial charge in [-0.25, -0.2) is 4.99 Å². The largest absolute Gasteiger partial charge is 0.489 e. The first-order chi connectivity index (χ1) is 9.65. The zero-order valence-electron chi connectivity index (χ0n) is 13.5. The zero-order valence-corrected chi connectivity index (χ0v) is 15.8. The van der Waals surface area contributed by atoms with Gasteiger partial charge >= 0.3 is 0 Å². The van der Waals surface area contributed by atoms with Gasteiger partial charge in [0, 0.05) is 13.1 Å². The van der Waals surface area contributed by atoms with E-state index in [9.17, 15) is 0 Å². The minimum absolute atomic E-state index is 0. The van der Waals surface area contributed by atoms with Gasteiger partial charge in [0.05, 0.1) is 6.54 Å². The van der Waals surface area contributed by atoms with Crippen LogP contribution in [0.15, 0.2) is 29.3 Å². The summed E-state index contributed by atoms with van der Waals surface area (Å²) >= 11 is 0. The highest BCUT2D eigenvalue weighted by Crippen LogP contribution is 2.14. The molecule has 1 rings (SSSR count). The number of aliphatic imine (C=N–C) groups is 1. The summed E-state index contributed by atoms with van der Waals surface area (Å²) in [6.45, 7) is 10.7. The van der Waals surface area contributed by atoms with E-state index in [4.69, 9.17) is 4.74 Å². The van der Waals surface area contributed by atoms with E-state index in [0.29, 0.717) is 6.54 Å². The summed E-state index contributed by atoms with van der Waals surface area (Å²) in [4.78, 5) is 4.54. The van der Waals surface area contributed by atoms with E-state index in [2.05, 4.69) is 42.5 Å². The van der Waals surface area contributed by atoms with Crippen molar-refractivity contribution >= 4 is 29.9 Å². The molecule has 0 aliphatic rings. The Morgan fingerprint density at radius 1 is 1.29 bits per heavy atom. The molecule has 0 amide bonds. The second-order valence-electron chi connectivity index (χ2n) is 4.89. The van der Waals surface area contributed by atoms with Crippen molar-refractivity contribution in [3.8, 4) is 5.75 Å². The first-order valence-corrected chi connectivity index (χ1v) is 7.41. The first kappa shape index (κ1) is 20.0. The van der Waals surface area contributed by atoms with Crippen molar-refractivity contribution in [3.05, 3.63) is 29.8 Å². The molecule has 2 N–H and O–H groups in total. The number of rotatable bonds is 7. The van der Waals surface area contributed by atoms with Crippen molar-refractivity contribution in [1.29, 1.82) is 0 Å². The lowest BCUT2D eigenvalue weighted by Gasteiger charge is -2.15. The molecular formula is C16H28IN3O. The van der Waals surface area contributed by atoms with Crippen molar-refractivity contribution in [3.63, 3.8) is 0 Å². The Kier molecular flexibility index (Phi) is 11.1. The van der Waals surface area contributed by atoms with Gasteiger partial charge in [-0.1, -0.05) is 19.1 Å². The third-order valence-electron chi connectivity index (χ3n) is 2.72. The lowest BCUT2D eigenvalue weighted by Crippen LogP contribution is -2.38. The van der Waals surface area contributed by atoms with E-state index >= 15 is 0 Å². The standard InChI is InChI=1S/C16H27N3O.HI/c1-5-10-18-16(17-6-2)19-12-14(4)20-15-9-7-8-13(3)11-15;/h7-9,11,14H,5-6,10,12H2,1-4H3,(H2,17,18,19);1H. The quantitative estimate of drug-likeness (QED) is 0.416. The molecule has 1 aromatic carbocycles. The molecule has 0 aliphatic carbocycles. The molecule has 4 nitrogen and oxygen atoms in total. The number of ether oxygens (including phenoxy) is 1. The summed E-state index contributed by atoms with van der Waals surface area (Å²) in [6, 6.07) is 8.09. The third-order valence-corrected chi connectivity index (χ3v) is 2.72. The lowest BCUT2D eigenvalue weighted by atomic mass is 10.2. The number of hydrogen-bond donors (Lipinski definition) is 2. The van der Waals surface area contributed by atoms with Crippen molar-refractivity contribution in [1.82, 2.24) is 10.6 Å². The summed E-state index contributed by atoms with van der Waals surface area (Å²) in [5.74, 6) is 1.76. The van der Waals surface area contributed by atoms with Crippen LogP contribution in [0.25, 0.3) is 0 Å². The zero-order chi connectivity index (χ0) is 14.8. The van der Waals surface area contributed by atoms with Crippen LogP contribution >= 0.6 is 24.0 Å². The summed E-state index contributed by atoms with van der Waals surface area (Å²) < 4.78 is 5.87. The topological polar surface area (TPSA) is 45.7 Å². The number of guanidine groups is 1. The molecule has 5 heteroatoms. The average Bonchev–Trinajstić information content (AvgIpc) is 2.42. The number of nitrogens with zero attached hydrogens (tertiary/aromatic N) is 1. The molecule has 0 heterocycles. The number of hydrogen-bond acceptors (Lipinski definition) is 2. The van der Waals surface area contributed by atoms with Crippen molar-refractivity contribution in [2.24, 2.45) is 4.99 Å². The van der Waals surface area contributed by atoms with Crippen LogP contribution in [0, 0.1) is 6.92 Å². The normalized spacial score (nSPS) is 12.3. The molecule has 1 aromatic rings. The van der Waals surface area contributed by atoms with Gasteiger partial charge in [-0.15, -0.1) is 24.0 Å². The molecule has 120 valence electrons. The molecule has 0 aromatic heterocycles. The summed E-state index contributed by atoms with van der Waals surface area (Å²) in [5.41, 5.74) is 1.20.